The molecule has 9 nitrogen and oxygen atoms in total. The summed E-state index contributed by atoms with van der Waals surface area (Å²) in [4.78, 5) is 15.2. The second-order valence-electron chi connectivity index (χ2n) is 10.5. The Hall–Kier alpha value is -4.08. The highest BCUT2D eigenvalue weighted by Crippen LogP contribution is 2.45. The number of carboxylic acid groups (broad SMARTS) is 1. The van der Waals surface area contributed by atoms with Crippen LogP contribution in [0.4, 0.5) is 30.7 Å². The number of carbonyl (C=O) groups is 1. The van der Waals surface area contributed by atoms with Crippen LogP contribution in [0.1, 0.15) is 67.3 Å². The predicted octanol–water partition coefficient (Wildman–Crippen LogP) is 6.28. The van der Waals surface area contributed by atoms with Crippen molar-refractivity contribution < 1.29 is 59.6 Å². The number of nitrogens with zero attached hydrogens (tertiary/aromatic N) is 3. The zero-order chi connectivity index (χ0) is 30.8. The SMILES string of the molecule is C[C@H](Oc1nc(-n2nc(C(F)(F)F)c3c2[C@@H](OC2CC(C(=O)O)C2)CCC3)ccc1F)c1cc2c(cc1F)OC(F)(F)O2. The maximum Gasteiger partial charge on any atom is 0.586 e. The van der Waals surface area contributed by atoms with E-state index < -0.39 is 77.4 Å². The van der Waals surface area contributed by atoms with Gasteiger partial charge in [0.2, 0.25) is 0 Å². The molecule has 0 unspecified atom stereocenters. The van der Waals surface area contributed by atoms with Crippen LogP contribution in [0.25, 0.3) is 5.82 Å². The molecule has 0 radical (unpaired) electrons. The Morgan fingerprint density at radius 2 is 1.84 bits per heavy atom. The summed E-state index contributed by atoms with van der Waals surface area (Å²) in [5, 5.41) is 12.9. The molecular formula is C27H22F7N3O6. The molecule has 1 fully saturated rings. The second-order valence-corrected chi connectivity index (χ2v) is 10.5. The summed E-state index contributed by atoms with van der Waals surface area (Å²) >= 11 is 0. The molecule has 3 heterocycles. The van der Waals surface area contributed by atoms with E-state index in [2.05, 4.69) is 19.6 Å². The first-order valence-electron chi connectivity index (χ1n) is 13.2. The summed E-state index contributed by atoms with van der Waals surface area (Å²) in [6, 6.07) is 3.51. The smallest absolute Gasteiger partial charge is 0.481 e. The summed E-state index contributed by atoms with van der Waals surface area (Å²) in [6.45, 7) is 1.27. The van der Waals surface area contributed by atoms with Gasteiger partial charge in [-0.15, -0.1) is 8.78 Å². The van der Waals surface area contributed by atoms with Crippen molar-refractivity contribution in [3.05, 3.63) is 58.4 Å². The fourth-order valence-corrected chi connectivity index (χ4v) is 5.43. The number of alkyl halides is 5. The lowest BCUT2D eigenvalue weighted by atomic mass is 9.82. The highest BCUT2D eigenvalue weighted by atomic mass is 19.4. The van der Waals surface area contributed by atoms with Gasteiger partial charge >= 0.3 is 18.4 Å². The Morgan fingerprint density at radius 3 is 2.51 bits per heavy atom. The Balaban J connectivity index is 1.32. The first kappa shape index (κ1) is 29.0. The van der Waals surface area contributed by atoms with Gasteiger partial charge in [0.1, 0.15) is 18.0 Å². The minimum atomic E-state index is -4.83. The molecule has 2 aliphatic carbocycles. The molecule has 3 aromatic rings. The number of hydrogen-bond donors (Lipinski definition) is 1. The van der Waals surface area contributed by atoms with Crippen LogP contribution < -0.4 is 14.2 Å². The van der Waals surface area contributed by atoms with Crippen LogP contribution in [0, 0.1) is 17.6 Å². The Morgan fingerprint density at radius 1 is 1.14 bits per heavy atom. The Bertz CT molecular complexity index is 1590. The number of benzene rings is 1. The average Bonchev–Trinajstić information content (AvgIpc) is 3.43. The summed E-state index contributed by atoms with van der Waals surface area (Å²) in [6.07, 6.45) is -10.4. The van der Waals surface area contributed by atoms with Gasteiger partial charge in [0.15, 0.2) is 28.8 Å². The van der Waals surface area contributed by atoms with Gasteiger partial charge in [-0.2, -0.15) is 23.3 Å². The van der Waals surface area contributed by atoms with Crippen LogP contribution in [-0.2, 0) is 22.1 Å². The number of pyridine rings is 1. The molecule has 1 aliphatic heterocycles. The molecule has 3 aliphatic rings. The van der Waals surface area contributed by atoms with E-state index in [1.54, 1.807) is 0 Å². The third-order valence-electron chi connectivity index (χ3n) is 7.55. The molecule has 230 valence electrons. The van der Waals surface area contributed by atoms with Crippen LogP contribution in [0.5, 0.6) is 17.4 Å². The number of halogens is 7. The Labute approximate surface area is 238 Å². The normalized spacial score (nSPS) is 22.9. The highest BCUT2D eigenvalue weighted by molar-refractivity contribution is 5.71. The topological polar surface area (TPSA) is 105 Å². The molecule has 0 amide bonds. The van der Waals surface area contributed by atoms with E-state index in [1.807, 2.05) is 0 Å². The fourth-order valence-electron chi connectivity index (χ4n) is 5.43. The molecule has 1 aromatic carbocycles. The van der Waals surface area contributed by atoms with Crippen LogP contribution in [-0.4, -0.2) is 38.2 Å². The van der Waals surface area contributed by atoms with Gasteiger partial charge in [0.05, 0.1) is 17.7 Å². The third-order valence-corrected chi connectivity index (χ3v) is 7.55. The second kappa shape index (κ2) is 10.3. The van der Waals surface area contributed by atoms with Crippen LogP contribution in [0.3, 0.4) is 0 Å². The van der Waals surface area contributed by atoms with E-state index in [0.29, 0.717) is 18.9 Å². The lowest BCUT2D eigenvalue weighted by molar-refractivity contribution is -0.286. The first-order chi connectivity index (χ1) is 20.2. The average molecular weight is 617 g/mol. The molecule has 0 spiro atoms. The molecule has 1 saturated carbocycles. The molecule has 6 rings (SSSR count). The molecule has 0 saturated heterocycles. The van der Waals surface area contributed by atoms with E-state index >= 15 is 0 Å². The molecule has 16 heteroatoms. The van der Waals surface area contributed by atoms with Crippen molar-refractivity contribution in [3.63, 3.8) is 0 Å². The highest BCUT2D eigenvalue weighted by Gasteiger charge is 2.45. The summed E-state index contributed by atoms with van der Waals surface area (Å²) < 4.78 is 119. The van der Waals surface area contributed by atoms with Crippen molar-refractivity contribution >= 4 is 5.97 Å². The molecule has 0 bridgehead atoms. The van der Waals surface area contributed by atoms with E-state index in [4.69, 9.17) is 14.6 Å². The van der Waals surface area contributed by atoms with Gasteiger partial charge in [0.25, 0.3) is 5.88 Å². The van der Waals surface area contributed by atoms with E-state index in [9.17, 15) is 35.5 Å². The number of ether oxygens (including phenoxy) is 4. The third kappa shape index (κ3) is 5.43. The Kier molecular flexibility index (Phi) is 6.93. The van der Waals surface area contributed by atoms with Gasteiger partial charge in [-0.3, -0.25) is 4.79 Å². The zero-order valence-electron chi connectivity index (χ0n) is 22.1. The first-order valence-corrected chi connectivity index (χ1v) is 13.2. The summed E-state index contributed by atoms with van der Waals surface area (Å²) in [5.74, 6) is -5.65. The van der Waals surface area contributed by atoms with E-state index in [0.717, 1.165) is 22.9 Å². The monoisotopic (exact) mass is 617 g/mol. The van der Waals surface area contributed by atoms with Crippen LogP contribution in [0.2, 0.25) is 0 Å². The van der Waals surface area contributed by atoms with Crippen molar-refractivity contribution in [2.75, 3.05) is 0 Å². The lowest BCUT2D eigenvalue weighted by Crippen LogP contribution is -2.37. The largest absolute Gasteiger partial charge is 0.586 e. The van der Waals surface area contributed by atoms with Crippen LogP contribution >= 0.6 is 0 Å². The van der Waals surface area contributed by atoms with E-state index in [1.165, 1.54) is 6.92 Å². The predicted molar refractivity (Wildman–Crippen MR) is 129 cm³/mol. The maximum atomic E-state index is 14.8. The van der Waals surface area contributed by atoms with Crippen LogP contribution in [0.15, 0.2) is 24.3 Å². The van der Waals surface area contributed by atoms with Crippen molar-refractivity contribution in [1.82, 2.24) is 14.8 Å². The lowest BCUT2D eigenvalue weighted by Gasteiger charge is -2.36. The van der Waals surface area contributed by atoms with Crippen molar-refractivity contribution in [2.45, 2.75) is 69.8 Å². The number of aromatic nitrogens is 3. The number of rotatable bonds is 7. The van der Waals surface area contributed by atoms with Gasteiger partial charge in [-0.25, -0.2) is 13.5 Å². The van der Waals surface area contributed by atoms with E-state index in [-0.39, 0.29) is 41.9 Å². The summed E-state index contributed by atoms with van der Waals surface area (Å²) in [7, 11) is 0. The van der Waals surface area contributed by atoms with Gasteiger partial charge in [-0.1, -0.05) is 0 Å². The molecule has 43 heavy (non-hydrogen) atoms. The molecule has 1 N–H and O–H groups in total. The zero-order valence-corrected chi connectivity index (χ0v) is 22.1. The number of carboxylic acids is 1. The number of hydrogen-bond acceptors (Lipinski definition) is 7. The van der Waals surface area contributed by atoms with Gasteiger partial charge in [0, 0.05) is 17.2 Å². The van der Waals surface area contributed by atoms with Gasteiger partial charge < -0.3 is 24.1 Å². The number of fused-ring (bicyclic) bond motifs is 2. The molecule has 2 atom stereocenters. The quantitative estimate of drug-likeness (QED) is 0.309. The van der Waals surface area contributed by atoms with Gasteiger partial charge in [-0.05, 0) is 57.2 Å². The minimum absolute atomic E-state index is 0.0382. The van der Waals surface area contributed by atoms with Crippen molar-refractivity contribution in [1.29, 1.82) is 0 Å². The minimum Gasteiger partial charge on any atom is -0.481 e. The maximum absolute atomic E-state index is 14.8. The number of aliphatic carboxylic acids is 1. The van der Waals surface area contributed by atoms with Crippen molar-refractivity contribution in [3.8, 4) is 23.2 Å². The summed E-state index contributed by atoms with van der Waals surface area (Å²) in [5.41, 5.74) is -1.53. The molecule has 2 aromatic heterocycles. The fraction of sp³-hybridized carbons (Fsp3) is 0.444. The molecular weight excluding hydrogens is 595 g/mol. The standard InChI is InChI=1S/C27H22F7N3O6/c1-11(15-9-19-20(10-17(15)29)43-27(33,34)42-19)40-24-16(28)5-6-21(35-24)37-22-14(23(36-37)26(30,31)32)3-2-4-18(22)41-13-7-12(8-13)25(38)39/h5-6,9-13,18H,2-4,7-8H2,1H3,(H,38,39)/t11-,12?,13?,18-/m0/s1. The van der Waals surface area contributed by atoms with Crippen molar-refractivity contribution in [2.24, 2.45) is 5.92 Å².